The molecular formula is C12H15O2. The zero-order chi connectivity index (χ0) is 9.80. The molecule has 1 radical (unpaired) electrons. The first-order chi connectivity index (χ1) is 6.90. The lowest BCUT2D eigenvalue weighted by molar-refractivity contribution is 0.297. The van der Waals surface area contributed by atoms with Crippen molar-refractivity contribution in [2.45, 2.75) is 19.3 Å². The van der Waals surface area contributed by atoms with Gasteiger partial charge in [0.15, 0.2) is 11.5 Å². The van der Waals surface area contributed by atoms with E-state index >= 15 is 0 Å². The summed E-state index contributed by atoms with van der Waals surface area (Å²) in [7, 11) is 0. The van der Waals surface area contributed by atoms with Gasteiger partial charge in [0, 0.05) is 6.42 Å². The molecule has 1 aromatic carbocycles. The Kier molecular flexibility index (Phi) is 2.92. The fourth-order valence-electron chi connectivity index (χ4n) is 1.57. The summed E-state index contributed by atoms with van der Waals surface area (Å²) in [6.45, 7) is 5.34. The van der Waals surface area contributed by atoms with Crippen molar-refractivity contribution in [3.63, 3.8) is 0 Å². The maximum Gasteiger partial charge on any atom is 0.161 e. The first-order valence-corrected chi connectivity index (χ1v) is 5.08. The Labute approximate surface area is 84.8 Å². The van der Waals surface area contributed by atoms with Crippen LogP contribution in [0.25, 0.3) is 0 Å². The van der Waals surface area contributed by atoms with Gasteiger partial charge in [-0.25, -0.2) is 0 Å². The van der Waals surface area contributed by atoms with Crippen LogP contribution in [0.3, 0.4) is 0 Å². The second-order valence-corrected chi connectivity index (χ2v) is 3.44. The molecule has 0 saturated carbocycles. The van der Waals surface area contributed by atoms with Gasteiger partial charge < -0.3 is 9.47 Å². The van der Waals surface area contributed by atoms with Crippen LogP contribution in [0, 0.1) is 6.92 Å². The van der Waals surface area contributed by atoms with E-state index in [2.05, 4.69) is 19.1 Å². The molecule has 2 heteroatoms. The van der Waals surface area contributed by atoms with Crippen LogP contribution in [0.4, 0.5) is 0 Å². The fraction of sp³-hybridized carbons (Fsp3) is 0.417. The molecule has 14 heavy (non-hydrogen) atoms. The molecule has 0 amide bonds. The van der Waals surface area contributed by atoms with Crippen LogP contribution < -0.4 is 9.47 Å². The smallest absolute Gasteiger partial charge is 0.161 e. The second kappa shape index (κ2) is 4.36. The average molecular weight is 191 g/mol. The number of hydrogen-bond acceptors (Lipinski definition) is 2. The Morgan fingerprint density at radius 2 is 1.93 bits per heavy atom. The summed E-state index contributed by atoms with van der Waals surface area (Å²) in [4.78, 5) is 0. The maximum atomic E-state index is 5.59. The molecule has 2 rings (SSSR count). The van der Waals surface area contributed by atoms with E-state index in [-0.39, 0.29) is 0 Å². The Morgan fingerprint density at radius 1 is 1.14 bits per heavy atom. The van der Waals surface area contributed by atoms with Gasteiger partial charge in [0.05, 0.1) is 13.2 Å². The number of hydrogen-bond donors (Lipinski definition) is 0. The summed E-state index contributed by atoms with van der Waals surface area (Å²) in [6.07, 6.45) is 2.87. The molecule has 0 spiro atoms. The zero-order valence-corrected chi connectivity index (χ0v) is 8.29. The number of aryl methyl sites for hydroxylation is 1. The predicted molar refractivity (Wildman–Crippen MR) is 55.7 cm³/mol. The monoisotopic (exact) mass is 191 g/mol. The molecule has 0 N–H and O–H groups in total. The van der Waals surface area contributed by atoms with Crippen LogP contribution in [0.5, 0.6) is 11.5 Å². The van der Waals surface area contributed by atoms with Gasteiger partial charge >= 0.3 is 0 Å². The maximum absolute atomic E-state index is 5.59. The van der Waals surface area contributed by atoms with Crippen LogP contribution in [0.15, 0.2) is 18.2 Å². The predicted octanol–water partition coefficient (Wildman–Crippen LogP) is 2.61. The topological polar surface area (TPSA) is 18.5 Å². The quantitative estimate of drug-likeness (QED) is 0.715. The largest absolute Gasteiger partial charge is 0.490 e. The van der Waals surface area contributed by atoms with Gasteiger partial charge in [-0.2, -0.15) is 0 Å². The number of fused-ring (bicyclic) bond motifs is 1. The Morgan fingerprint density at radius 3 is 2.71 bits per heavy atom. The van der Waals surface area contributed by atoms with Crippen molar-refractivity contribution in [1.82, 2.24) is 0 Å². The zero-order valence-electron chi connectivity index (χ0n) is 8.29. The van der Waals surface area contributed by atoms with E-state index in [0.717, 1.165) is 44.0 Å². The third kappa shape index (κ3) is 2.00. The van der Waals surface area contributed by atoms with Gasteiger partial charge in [-0.3, -0.25) is 0 Å². The van der Waals surface area contributed by atoms with Crippen molar-refractivity contribution >= 4 is 0 Å². The van der Waals surface area contributed by atoms with Crippen LogP contribution in [0.1, 0.15) is 18.4 Å². The van der Waals surface area contributed by atoms with Gasteiger partial charge in [0.25, 0.3) is 0 Å². The summed E-state index contributed by atoms with van der Waals surface area (Å²) in [5, 5.41) is 0. The Balaban J connectivity index is 2.23. The second-order valence-electron chi connectivity index (χ2n) is 3.44. The van der Waals surface area contributed by atoms with E-state index in [1.165, 1.54) is 5.56 Å². The van der Waals surface area contributed by atoms with Crippen molar-refractivity contribution in [2.24, 2.45) is 0 Å². The Hall–Kier alpha value is -1.18. The normalized spacial score (nSPS) is 14.9. The molecule has 2 nitrogen and oxygen atoms in total. The molecule has 0 atom stereocenters. The molecule has 0 aromatic heterocycles. The van der Waals surface area contributed by atoms with Gasteiger partial charge in [-0.05, 0) is 30.5 Å². The summed E-state index contributed by atoms with van der Waals surface area (Å²) in [6, 6.07) is 6.14. The molecule has 1 heterocycles. The van der Waals surface area contributed by atoms with Crippen molar-refractivity contribution < 1.29 is 9.47 Å². The Bertz CT molecular complexity index is 307. The molecule has 0 unspecified atom stereocenters. The van der Waals surface area contributed by atoms with Crippen LogP contribution in [-0.2, 0) is 6.42 Å². The van der Waals surface area contributed by atoms with Crippen LogP contribution in [0.2, 0.25) is 0 Å². The molecule has 0 saturated heterocycles. The van der Waals surface area contributed by atoms with E-state index in [4.69, 9.17) is 9.47 Å². The summed E-state index contributed by atoms with van der Waals surface area (Å²) in [5.74, 6) is 1.75. The van der Waals surface area contributed by atoms with E-state index in [9.17, 15) is 0 Å². The molecule has 1 aromatic rings. The summed E-state index contributed by atoms with van der Waals surface area (Å²) >= 11 is 0. The van der Waals surface area contributed by atoms with Gasteiger partial charge in [0.2, 0.25) is 0 Å². The summed E-state index contributed by atoms with van der Waals surface area (Å²) in [5.41, 5.74) is 1.27. The third-order valence-electron chi connectivity index (χ3n) is 2.28. The highest BCUT2D eigenvalue weighted by Gasteiger charge is 2.09. The molecule has 0 bridgehead atoms. The first kappa shape index (κ1) is 9.38. The molecular weight excluding hydrogens is 176 g/mol. The van der Waals surface area contributed by atoms with Crippen LogP contribution >= 0.6 is 0 Å². The standard InChI is InChI=1S/C12H15O2/c1-2-4-10-5-6-11-12(9-10)14-8-3-7-13-11/h5-6,9H,1-4,7-8H2. The van der Waals surface area contributed by atoms with Gasteiger partial charge in [-0.15, -0.1) is 0 Å². The molecule has 1 aliphatic rings. The SMILES string of the molecule is [CH2]CCc1ccc2c(c1)OCCCO2. The van der Waals surface area contributed by atoms with Crippen LogP contribution in [-0.4, -0.2) is 13.2 Å². The van der Waals surface area contributed by atoms with Crippen molar-refractivity contribution in [1.29, 1.82) is 0 Å². The number of benzene rings is 1. The third-order valence-corrected chi connectivity index (χ3v) is 2.28. The molecule has 75 valence electrons. The minimum absolute atomic E-state index is 0.751. The van der Waals surface area contributed by atoms with E-state index < -0.39 is 0 Å². The molecule has 0 fully saturated rings. The first-order valence-electron chi connectivity index (χ1n) is 5.08. The summed E-state index contributed by atoms with van der Waals surface area (Å²) < 4.78 is 11.1. The fourth-order valence-corrected chi connectivity index (χ4v) is 1.57. The molecule has 0 aliphatic carbocycles. The highest BCUT2D eigenvalue weighted by atomic mass is 16.5. The van der Waals surface area contributed by atoms with Crippen molar-refractivity contribution in [2.75, 3.05) is 13.2 Å². The lowest BCUT2D eigenvalue weighted by atomic mass is 10.1. The number of rotatable bonds is 2. The number of ether oxygens (including phenoxy) is 2. The lowest BCUT2D eigenvalue weighted by Gasteiger charge is -2.08. The van der Waals surface area contributed by atoms with Gasteiger partial charge in [0.1, 0.15) is 0 Å². The van der Waals surface area contributed by atoms with E-state index in [0.29, 0.717) is 0 Å². The average Bonchev–Trinajstić information content (AvgIpc) is 2.42. The highest BCUT2D eigenvalue weighted by Crippen LogP contribution is 2.30. The highest BCUT2D eigenvalue weighted by molar-refractivity contribution is 5.43. The van der Waals surface area contributed by atoms with Crippen molar-refractivity contribution in [3.8, 4) is 11.5 Å². The van der Waals surface area contributed by atoms with Crippen molar-refractivity contribution in [3.05, 3.63) is 30.7 Å². The van der Waals surface area contributed by atoms with E-state index in [1.54, 1.807) is 0 Å². The lowest BCUT2D eigenvalue weighted by Crippen LogP contribution is -1.97. The van der Waals surface area contributed by atoms with Gasteiger partial charge in [-0.1, -0.05) is 13.0 Å². The minimum Gasteiger partial charge on any atom is -0.490 e. The minimum atomic E-state index is 0.751. The van der Waals surface area contributed by atoms with E-state index in [1.807, 2.05) is 6.07 Å². The molecule has 1 aliphatic heterocycles.